The summed E-state index contributed by atoms with van der Waals surface area (Å²) in [5.74, 6) is 0.756. The molecule has 0 bridgehead atoms. The predicted molar refractivity (Wildman–Crippen MR) is 81.0 cm³/mol. The second-order valence-electron chi connectivity index (χ2n) is 6.19. The molecule has 1 N–H and O–H groups in total. The Kier molecular flexibility index (Phi) is 7.92. The van der Waals surface area contributed by atoms with E-state index < -0.39 is 0 Å². The molecule has 2 heteroatoms. The van der Waals surface area contributed by atoms with Crippen molar-refractivity contribution in [3.05, 3.63) is 0 Å². The van der Waals surface area contributed by atoms with Crippen LogP contribution in [0.2, 0.25) is 0 Å². The van der Waals surface area contributed by atoms with Gasteiger partial charge in [0.1, 0.15) is 0 Å². The van der Waals surface area contributed by atoms with E-state index in [0.717, 1.165) is 24.5 Å². The van der Waals surface area contributed by atoms with Crippen molar-refractivity contribution >= 4 is 0 Å². The molecular formula is C16H34N2. The van der Waals surface area contributed by atoms with Gasteiger partial charge in [0.15, 0.2) is 0 Å². The third kappa shape index (κ3) is 4.89. The van der Waals surface area contributed by atoms with E-state index in [1.165, 1.54) is 51.6 Å². The van der Waals surface area contributed by atoms with E-state index in [4.69, 9.17) is 0 Å². The number of hydrogen-bond acceptors (Lipinski definition) is 2. The molecule has 0 spiro atoms. The molecule has 0 aromatic carbocycles. The smallest absolute Gasteiger partial charge is 0.0246 e. The molecule has 0 aromatic rings. The van der Waals surface area contributed by atoms with Crippen LogP contribution in [-0.2, 0) is 0 Å². The van der Waals surface area contributed by atoms with Gasteiger partial charge in [0, 0.05) is 18.6 Å². The molecule has 1 saturated heterocycles. The molecule has 1 heterocycles. The summed E-state index contributed by atoms with van der Waals surface area (Å²) in [6.07, 6.45) is 8.21. The van der Waals surface area contributed by atoms with E-state index >= 15 is 0 Å². The van der Waals surface area contributed by atoms with Gasteiger partial charge >= 0.3 is 0 Å². The van der Waals surface area contributed by atoms with Gasteiger partial charge < -0.3 is 5.32 Å². The second kappa shape index (κ2) is 8.92. The number of piperidine rings is 1. The molecule has 18 heavy (non-hydrogen) atoms. The fourth-order valence-corrected chi connectivity index (χ4v) is 3.27. The Hall–Kier alpha value is -0.0800. The van der Waals surface area contributed by atoms with Crippen molar-refractivity contribution in [2.45, 2.75) is 78.3 Å². The lowest BCUT2D eigenvalue weighted by Gasteiger charge is -2.43. The largest absolute Gasteiger partial charge is 0.315 e. The van der Waals surface area contributed by atoms with Gasteiger partial charge in [-0.1, -0.05) is 40.5 Å². The monoisotopic (exact) mass is 254 g/mol. The van der Waals surface area contributed by atoms with Gasteiger partial charge in [0.05, 0.1) is 0 Å². The van der Waals surface area contributed by atoms with Gasteiger partial charge in [-0.25, -0.2) is 0 Å². The summed E-state index contributed by atoms with van der Waals surface area (Å²) >= 11 is 0. The first-order valence-corrected chi connectivity index (χ1v) is 8.17. The molecular weight excluding hydrogens is 220 g/mol. The highest BCUT2D eigenvalue weighted by Gasteiger charge is 2.29. The van der Waals surface area contributed by atoms with Crippen LogP contribution in [0.1, 0.15) is 66.2 Å². The van der Waals surface area contributed by atoms with Gasteiger partial charge in [-0.3, -0.25) is 4.90 Å². The number of nitrogens with zero attached hydrogens (tertiary/aromatic N) is 1. The minimum Gasteiger partial charge on any atom is -0.315 e. The van der Waals surface area contributed by atoms with Gasteiger partial charge in [-0.15, -0.1) is 0 Å². The Morgan fingerprint density at radius 3 is 2.56 bits per heavy atom. The van der Waals surface area contributed by atoms with Crippen LogP contribution in [0.25, 0.3) is 0 Å². The third-order valence-corrected chi connectivity index (χ3v) is 4.27. The zero-order chi connectivity index (χ0) is 13.4. The van der Waals surface area contributed by atoms with Crippen LogP contribution in [0.3, 0.4) is 0 Å². The maximum Gasteiger partial charge on any atom is 0.0246 e. The first-order chi connectivity index (χ1) is 8.70. The molecule has 0 aromatic heterocycles. The van der Waals surface area contributed by atoms with Crippen molar-refractivity contribution in [2.24, 2.45) is 5.92 Å². The Morgan fingerprint density at radius 2 is 1.94 bits per heavy atom. The van der Waals surface area contributed by atoms with E-state index in [0.29, 0.717) is 0 Å². The van der Waals surface area contributed by atoms with Crippen LogP contribution < -0.4 is 5.32 Å². The molecule has 0 radical (unpaired) electrons. The Balaban J connectivity index is 2.56. The first kappa shape index (κ1) is 16.0. The average molecular weight is 254 g/mol. The van der Waals surface area contributed by atoms with Crippen molar-refractivity contribution in [1.29, 1.82) is 0 Å². The minimum absolute atomic E-state index is 0.730. The summed E-state index contributed by atoms with van der Waals surface area (Å²) in [4.78, 5) is 2.82. The molecule has 0 amide bonds. The van der Waals surface area contributed by atoms with Crippen LogP contribution in [0.4, 0.5) is 0 Å². The number of nitrogens with one attached hydrogen (secondary N) is 1. The summed E-state index contributed by atoms with van der Waals surface area (Å²) in [6, 6.07) is 1.58. The van der Waals surface area contributed by atoms with Crippen molar-refractivity contribution < 1.29 is 0 Å². The molecule has 0 saturated carbocycles. The maximum absolute atomic E-state index is 3.63. The van der Waals surface area contributed by atoms with Crippen molar-refractivity contribution in [3.63, 3.8) is 0 Å². The molecule has 1 rings (SSSR count). The number of likely N-dealkylation sites (tertiary alicyclic amines) is 1. The number of hydrogen-bond donors (Lipinski definition) is 1. The lowest BCUT2D eigenvalue weighted by Crippen LogP contribution is -2.52. The Morgan fingerprint density at radius 1 is 1.17 bits per heavy atom. The second-order valence-corrected chi connectivity index (χ2v) is 6.19. The Bertz CT molecular complexity index is 201. The summed E-state index contributed by atoms with van der Waals surface area (Å²) in [5.41, 5.74) is 0. The van der Waals surface area contributed by atoms with Gasteiger partial charge in [0.25, 0.3) is 0 Å². The van der Waals surface area contributed by atoms with Gasteiger partial charge in [-0.2, -0.15) is 0 Å². The van der Waals surface area contributed by atoms with Crippen LogP contribution >= 0.6 is 0 Å². The quantitative estimate of drug-likeness (QED) is 0.665. The fraction of sp³-hybridized carbons (Fsp3) is 1.00. The van der Waals surface area contributed by atoms with Crippen molar-refractivity contribution in [3.8, 4) is 0 Å². The zero-order valence-corrected chi connectivity index (χ0v) is 13.0. The zero-order valence-electron chi connectivity index (χ0n) is 13.0. The number of rotatable bonds is 8. The minimum atomic E-state index is 0.730. The SMILES string of the molecule is CCCNCC(C(C)C)N1CCCCC1CCC. The highest BCUT2D eigenvalue weighted by molar-refractivity contribution is 4.85. The maximum atomic E-state index is 3.63. The molecule has 1 fully saturated rings. The normalized spacial score (nSPS) is 23.5. The lowest BCUT2D eigenvalue weighted by atomic mass is 9.92. The molecule has 0 aliphatic carbocycles. The molecule has 2 nitrogen and oxygen atoms in total. The lowest BCUT2D eigenvalue weighted by molar-refractivity contribution is 0.0636. The van der Waals surface area contributed by atoms with Crippen molar-refractivity contribution in [2.75, 3.05) is 19.6 Å². The topological polar surface area (TPSA) is 15.3 Å². The average Bonchev–Trinajstić information content (AvgIpc) is 2.36. The van der Waals surface area contributed by atoms with Crippen LogP contribution in [0.15, 0.2) is 0 Å². The summed E-state index contributed by atoms with van der Waals surface area (Å²) in [6.45, 7) is 13.0. The van der Waals surface area contributed by atoms with E-state index in [-0.39, 0.29) is 0 Å². The van der Waals surface area contributed by atoms with E-state index in [1.54, 1.807) is 0 Å². The molecule has 2 unspecified atom stereocenters. The van der Waals surface area contributed by atoms with E-state index in [1.807, 2.05) is 0 Å². The van der Waals surface area contributed by atoms with Gasteiger partial charge in [0.2, 0.25) is 0 Å². The summed E-state index contributed by atoms with van der Waals surface area (Å²) < 4.78 is 0. The summed E-state index contributed by atoms with van der Waals surface area (Å²) in [7, 11) is 0. The third-order valence-electron chi connectivity index (χ3n) is 4.27. The predicted octanol–water partition coefficient (Wildman–Crippen LogP) is 3.67. The summed E-state index contributed by atoms with van der Waals surface area (Å²) in [5, 5.41) is 3.63. The Labute approximate surface area is 115 Å². The van der Waals surface area contributed by atoms with Crippen LogP contribution in [0, 0.1) is 5.92 Å². The highest BCUT2D eigenvalue weighted by Crippen LogP contribution is 2.25. The van der Waals surface area contributed by atoms with E-state index in [2.05, 4.69) is 37.9 Å². The molecule has 1 aliphatic rings. The van der Waals surface area contributed by atoms with Crippen LogP contribution in [-0.4, -0.2) is 36.6 Å². The molecule has 1 aliphatic heterocycles. The van der Waals surface area contributed by atoms with Gasteiger partial charge in [-0.05, 0) is 44.7 Å². The molecule has 108 valence electrons. The van der Waals surface area contributed by atoms with Crippen LogP contribution in [0.5, 0.6) is 0 Å². The van der Waals surface area contributed by atoms with E-state index in [9.17, 15) is 0 Å². The standard InChI is InChI=1S/C16H34N2/c1-5-9-15-10-7-8-12-18(15)16(14(3)4)13-17-11-6-2/h14-17H,5-13H2,1-4H3. The van der Waals surface area contributed by atoms with Crippen molar-refractivity contribution in [1.82, 2.24) is 10.2 Å². The fourth-order valence-electron chi connectivity index (χ4n) is 3.27. The first-order valence-electron chi connectivity index (χ1n) is 8.17. The highest BCUT2D eigenvalue weighted by atomic mass is 15.2. The molecule has 2 atom stereocenters.